The summed E-state index contributed by atoms with van der Waals surface area (Å²) >= 11 is 0. The van der Waals surface area contributed by atoms with E-state index < -0.39 is 24.2 Å². The maximum Gasteiger partial charge on any atom is 0.184 e. The highest BCUT2D eigenvalue weighted by Gasteiger charge is 2.45. The Bertz CT molecular complexity index is 9530. The Kier molecular flexibility index (Phi) is 20.1. The Balaban J connectivity index is 0.000000106. The van der Waals surface area contributed by atoms with Crippen LogP contribution in [-0.4, -0.2) is 37.9 Å². The summed E-state index contributed by atoms with van der Waals surface area (Å²) in [6.45, 7) is 4.90. The fraction of sp³-hybridized carbons (Fsp3) is 0.0222. The van der Waals surface area contributed by atoms with Crippen LogP contribution in [0.25, 0.3) is 181 Å². The second kappa shape index (κ2) is 34.2. The zero-order chi connectivity index (χ0) is 96.0. The minimum atomic E-state index is -2.77. The van der Waals surface area contributed by atoms with E-state index in [0.29, 0.717) is 0 Å². The molecule has 0 fully saturated rings. The molecule has 22 aromatic carbocycles. The highest BCUT2D eigenvalue weighted by Crippen LogP contribution is 2.50. The topological polar surface area (TPSA) is 67.3 Å². The molecule has 0 aliphatic heterocycles. The molecule has 0 spiro atoms. The van der Waals surface area contributed by atoms with Gasteiger partial charge in [-0.05, 0) is 191 Å². The summed E-state index contributed by atoms with van der Waals surface area (Å²) in [7, 11) is -7.60. The first-order valence-corrected chi connectivity index (χ1v) is 57.0. The summed E-state index contributed by atoms with van der Waals surface area (Å²) in [6, 6.07) is 190. The largest absolute Gasteiger partial charge is 0.456 e. The maximum atomic E-state index is 6.93. The van der Waals surface area contributed by atoms with Gasteiger partial charge in [-0.3, -0.25) is 0 Å². The van der Waals surface area contributed by atoms with Crippen LogP contribution in [0.15, 0.2) is 539 Å². The van der Waals surface area contributed by atoms with Crippen molar-refractivity contribution in [3.63, 3.8) is 0 Å². The van der Waals surface area contributed by atoms with Crippen LogP contribution in [0.3, 0.4) is 0 Å². The molecule has 0 saturated carbocycles. The molecule has 145 heavy (non-hydrogen) atoms. The smallest absolute Gasteiger partial charge is 0.184 e. The Morgan fingerprint density at radius 1 is 0.179 bits per heavy atom. The summed E-state index contributed by atoms with van der Waals surface area (Å²) in [5, 5.41) is 30.2. The van der Waals surface area contributed by atoms with E-state index in [4.69, 9.17) is 17.7 Å². The lowest BCUT2D eigenvalue weighted by Crippen LogP contribution is -2.74. The number of aromatic nitrogens is 3. The molecule has 0 saturated heterocycles. The van der Waals surface area contributed by atoms with Crippen molar-refractivity contribution < 1.29 is 17.7 Å². The molecule has 7 nitrogen and oxygen atoms in total. The quantitative estimate of drug-likeness (QED) is 0.0804. The van der Waals surface area contributed by atoms with Crippen molar-refractivity contribution in [2.24, 2.45) is 0 Å². The minimum absolute atomic E-state index is 0.196. The van der Waals surface area contributed by atoms with Gasteiger partial charge in [0.25, 0.3) is 0 Å². The number of para-hydroxylation sites is 7. The third-order valence-corrected chi connectivity index (χ3v) is 44.2. The predicted octanol–water partition coefficient (Wildman–Crippen LogP) is 28.7. The standard InChI is InChI=1S/C50H34N2O2Si.C43H30OSi.C42H29NOSi/c1-55(2,33-21-25-49-41(29-33)39-27-31(19-23-47(39)53-49)51-43-15-7-3-11-35(43)36-12-4-8-16-44(36)51)34-22-26-50-42(30-34)40-28-32(20-24-48(40)54-50)52-45-17-9-5-13-37(45)38-14-6-10-18-46(38)52;1-4-14-31(15-5-1)45(32-16-6-2-7-17-32,33-18-8-3-9-19-33)34-25-27-42-40(29-34)39-28-30(24-26-41(39)44-42)43-37-22-12-10-20-35(37)36-21-11-13-23-38(36)43;1-4-15-31(16-5-1)45(32-17-6-2-7-18-32,33-19-8-3-9-20-33)41-26-14-23-36-37-29-30(27-28-40(37)44-42(36)41)43-38-24-12-10-21-34(38)35-22-11-13-25-39(35)43/h3-30H,1-2H3;1-29,43H;1-29H. The van der Waals surface area contributed by atoms with Gasteiger partial charge in [0, 0.05) is 98.4 Å². The van der Waals surface area contributed by atoms with Crippen molar-refractivity contribution in [3.8, 4) is 28.2 Å². The van der Waals surface area contributed by atoms with Gasteiger partial charge in [-0.15, -0.1) is 0 Å². The van der Waals surface area contributed by atoms with Gasteiger partial charge in [-0.1, -0.05) is 424 Å². The van der Waals surface area contributed by atoms with Crippen LogP contribution in [0.2, 0.25) is 13.1 Å². The van der Waals surface area contributed by atoms with Crippen molar-refractivity contribution in [3.05, 3.63) is 538 Å². The van der Waals surface area contributed by atoms with Gasteiger partial charge in [-0.2, -0.15) is 0 Å². The van der Waals surface area contributed by atoms with E-state index in [2.05, 4.69) is 549 Å². The van der Waals surface area contributed by atoms with Crippen LogP contribution in [-0.2, 0) is 0 Å². The summed E-state index contributed by atoms with van der Waals surface area (Å²) in [6.07, 6.45) is 0. The highest BCUT2D eigenvalue weighted by molar-refractivity contribution is 7.21. The fourth-order valence-electron chi connectivity index (χ4n) is 24.4. The molecule has 30 rings (SSSR count). The predicted molar refractivity (Wildman–Crippen MR) is 615 cm³/mol. The van der Waals surface area contributed by atoms with E-state index >= 15 is 0 Å². The fourth-order valence-corrected chi connectivity index (χ4v) is 36.4. The summed E-state index contributed by atoms with van der Waals surface area (Å²) < 4.78 is 33.5. The average molecular weight is 1910 g/mol. The van der Waals surface area contributed by atoms with Gasteiger partial charge in [-0.25, -0.2) is 0 Å². The molecule has 10 heteroatoms. The van der Waals surface area contributed by atoms with Crippen molar-refractivity contribution in [2.75, 3.05) is 0 Å². The molecule has 0 amide bonds. The van der Waals surface area contributed by atoms with E-state index in [1.54, 1.807) is 0 Å². The third-order valence-electron chi connectivity index (χ3n) is 31.1. The number of hydrogen-bond donors (Lipinski definition) is 0. The lowest BCUT2D eigenvalue weighted by molar-refractivity contribution is 0.668. The van der Waals surface area contributed by atoms with Crippen LogP contribution in [0.5, 0.6) is 0 Å². The molecule has 0 radical (unpaired) electrons. The molecular weight excluding hydrogens is 1810 g/mol. The molecule has 1 aliphatic carbocycles. The Labute approximate surface area is 839 Å². The Morgan fingerprint density at radius 2 is 0.434 bits per heavy atom. The number of hydrogen-bond acceptors (Lipinski definition) is 4. The van der Waals surface area contributed by atoms with E-state index in [1.807, 2.05) is 0 Å². The van der Waals surface area contributed by atoms with Crippen LogP contribution in [0.1, 0.15) is 22.6 Å². The lowest BCUT2D eigenvalue weighted by Gasteiger charge is -2.34. The first kappa shape index (κ1) is 85.1. The summed E-state index contributed by atoms with van der Waals surface area (Å²) in [4.78, 5) is 0. The third kappa shape index (κ3) is 13.5. The lowest BCUT2D eigenvalue weighted by atomic mass is 9.88. The van der Waals surface area contributed by atoms with E-state index in [1.165, 1.54) is 156 Å². The summed E-state index contributed by atoms with van der Waals surface area (Å²) in [5.74, 6) is 0.196. The van der Waals surface area contributed by atoms with Gasteiger partial charge in [0.2, 0.25) is 0 Å². The van der Waals surface area contributed by atoms with Crippen molar-refractivity contribution in [1.29, 1.82) is 0 Å². The zero-order valence-electron chi connectivity index (χ0n) is 79.7. The number of fused-ring (bicyclic) bond motifs is 24. The van der Waals surface area contributed by atoms with Crippen LogP contribution in [0.4, 0.5) is 0 Å². The van der Waals surface area contributed by atoms with Crippen LogP contribution in [0, 0.1) is 0 Å². The second-order valence-electron chi connectivity index (χ2n) is 39.1. The second-order valence-corrected chi connectivity index (χ2v) is 51.0. The molecular formula is C135H93N3O4Si3. The number of rotatable bonds is 14. The highest BCUT2D eigenvalue weighted by atomic mass is 28.3. The zero-order valence-corrected chi connectivity index (χ0v) is 82.7. The molecule has 0 atom stereocenters. The molecule has 0 bridgehead atoms. The molecule has 7 heterocycles. The molecule has 1 aliphatic rings. The minimum Gasteiger partial charge on any atom is -0.456 e. The van der Waals surface area contributed by atoms with Gasteiger partial charge >= 0.3 is 0 Å². The van der Waals surface area contributed by atoms with Crippen LogP contribution >= 0.6 is 0 Å². The van der Waals surface area contributed by atoms with E-state index in [0.717, 1.165) is 94.0 Å². The SMILES string of the molecule is C[Si](C)(c1ccc2oc3ccc(-n4c5ccccc5c5ccccc54)cc3c2c1)c1ccc2oc3ccc(-n4c5ccccc5c5ccccc54)cc3c2c1.c1ccc([Si](c2ccccc2)(c2ccccc2)c2ccc3oc4ccc(C5c6ccccc6-c6ccccc65)cc4c3c2)cc1.c1ccc([Si](c2ccccc2)(c2ccccc2)c2cccc3c2oc2ccc(-n4c5ccccc5c5ccccc54)cc23)cc1. The van der Waals surface area contributed by atoms with Crippen LogP contribution < -0.4 is 51.9 Å². The number of benzene rings is 22. The molecule has 7 aromatic heterocycles. The average Bonchev–Trinajstić information content (AvgIpc) is 1.61. The molecule has 684 valence electrons. The monoisotopic (exact) mass is 1900 g/mol. The first-order chi connectivity index (χ1) is 71.7. The van der Waals surface area contributed by atoms with Crippen molar-refractivity contribution in [1.82, 2.24) is 13.7 Å². The van der Waals surface area contributed by atoms with Gasteiger partial charge in [0.1, 0.15) is 52.7 Å². The normalized spacial score (nSPS) is 12.5. The van der Waals surface area contributed by atoms with Crippen molar-refractivity contribution in [2.45, 2.75) is 19.0 Å². The number of nitrogens with zero attached hydrogens (tertiary/aromatic N) is 3. The molecule has 0 unspecified atom stereocenters. The van der Waals surface area contributed by atoms with E-state index in [-0.39, 0.29) is 5.92 Å². The van der Waals surface area contributed by atoms with Gasteiger partial charge in [0.05, 0.1) is 33.1 Å². The first-order valence-electron chi connectivity index (χ1n) is 50.0. The summed E-state index contributed by atoms with van der Waals surface area (Å²) in [5.41, 5.74) is 24.7. The van der Waals surface area contributed by atoms with Crippen molar-refractivity contribution >= 4 is 229 Å². The van der Waals surface area contributed by atoms with E-state index in [9.17, 15) is 0 Å². The number of furan rings is 4. The Hall–Kier alpha value is -17.9. The van der Waals surface area contributed by atoms with Gasteiger partial charge < -0.3 is 31.4 Å². The maximum absolute atomic E-state index is 6.93. The van der Waals surface area contributed by atoms with Gasteiger partial charge in [0.15, 0.2) is 16.1 Å². The Morgan fingerprint density at radius 3 is 0.786 bits per heavy atom. The molecule has 29 aromatic rings. The molecule has 0 N–H and O–H groups in total.